The molecular formula is C18H19ClN2O4. The van der Waals surface area contributed by atoms with Crippen molar-refractivity contribution in [3.05, 3.63) is 59.1 Å². The number of ether oxygens (including phenoxy) is 2. The molecule has 0 aliphatic carbocycles. The van der Waals surface area contributed by atoms with Gasteiger partial charge in [-0.2, -0.15) is 0 Å². The van der Waals surface area contributed by atoms with Crippen LogP contribution >= 0.6 is 11.6 Å². The van der Waals surface area contributed by atoms with Crippen LogP contribution in [0.3, 0.4) is 0 Å². The zero-order valence-corrected chi connectivity index (χ0v) is 14.7. The molecule has 0 aliphatic rings. The van der Waals surface area contributed by atoms with Gasteiger partial charge in [0.05, 0.1) is 12.1 Å². The van der Waals surface area contributed by atoms with Crippen LogP contribution in [0.25, 0.3) is 0 Å². The summed E-state index contributed by atoms with van der Waals surface area (Å²) in [5, 5.41) is 5.80. The van der Waals surface area contributed by atoms with E-state index in [9.17, 15) is 9.59 Å². The van der Waals surface area contributed by atoms with Gasteiger partial charge >= 0.3 is 6.09 Å². The fraction of sp³-hybridized carbons (Fsp3) is 0.222. The molecule has 0 fully saturated rings. The average Bonchev–Trinajstić information content (AvgIpc) is 2.62. The molecule has 0 unspecified atom stereocenters. The highest BCUT2D eigenvalue weighted by Crippen LogP contribution is 2.24. The molecular weight excluding hydrogens is 344 g/mol. The standard InChI is InChI=1S/C18H19ClN2O4/c1-12(25-16-6-4-3-5-15(16)19)17(22)20-11-13-7-9-14(10-8-13)21-18(23)24-2/h3-10,12H,11H2,1-2H3,(H,20,22)(H,21,23)/t12-/m0/s1. The first kappa shape index (κ1) is 18.6. The minimum atomic E-state index is -0.680. The molecule has 0 saturated heterocycles. The average molecular weight is 363 g/mol. The summed E-state index contributed by atoms with van der Waals surface area (Å²) in [6, 6.07) is 14.0. The van der Waals surface area contributed by atoms with E-state index in [0.717, 1.165) is 5.56 Å². The monoisotopic (exact) mass is 362 g/mol. The maximum absolute atomic E-state index is 12.1. The van der Waals surface area contributed by atoms with Crippen molar-refractivity contribution < 1.29 is 19.1 Å². The third-order valence-electron chi connectivity index (χ3n) is 3.36. The number of anilines is 1. The Bertz CT molecular complexity index is 734. The third kappa shape index (κ3) is 5.69. The number of para-hydroxylation sites is 1. The largest absolute Gasteiger partial charge is 0.479 e. The van der Waals surface area contributed by atoms with E-state index in [0.29, 0.717) is 23.0 Å². The second-order valence-corrected chi connectivity index (χ2v) is 5.63. The van der Waals surface area contributed by atoms with Gasteiger partial charge in [0.2, 0.25) is 0 Å². The first-order valence-corrected chi connectivity index (χ1v) is 8.00. The first-order chi connectivity index (χ1) is 12.0. The highest BCUT2D eigenvalue weighted by atomic mass is 35.5. The molecule has 2 N–H and O–H groups in total. The van der Waals surface area contributed by atoms with Crippen LogP contribution in [-0.4, -0.2) is 25.2 Å². The summed E-state index contributed by atoms with van der Waals surface area (Å²) in [5.74, 6) is 0.210. The van der Waals surface area contributed by atoms with Gasteiger partial charge in [0, 0.05) is 12.2 Å². The van der Waals surface area contributed by atoms with Crippen molar-refractivity contribution in [3.8, 4) is 5.75 Å². The Hall–Kier alpha value is -2.73. The number of carbonyl (C=O) groups excluding carboxylic acids is 2. The summed E-state index contributed by atoms with van der Waals surface area (Å²) in [4.78, 5) is 23.2. The van der Waals surface area contributed by atoms with Crippen LogP contribution in [0.1, 0.15) is 12.5 Å². The normalized spacial score (nSPS) is 11.3. The van der Waals surface area contributed by atoms with Crippen LogP contribution in [0.5, 0.6) is 5.75 Å². The van der Waals surface area contributed by atoms with E-state index in [-0.39, 0.29) is 5.91 Å². The molecule has 0 saturated carbocycles. The predicted octanol–water partition coefficient (Wildman–Crippen LogP) is 3.60. The van der Waals surface area contributed by atoms with Gasteiger partial charge in [0.1, 0.15) is 5.75 Å². The van der Waals surface area contributed by atoms with E-state index in [4.69, 9.17) is 16.3 Å². The molecule has 1 atom stereocenters. The number of rotatable bonds is 6. The highest BCUT2D eigenvalue weighted by molar-refractivity contribution is 6.32. The summed E-state index contributed by atoms with van der Waals surface area (Å²) in [6.07, 6.45) is -1.22. The van der Waals surface area contributed by atoms with Crippen molar-refractivity contribution in [3.63, 3.8) is 0 Å². The summed E-state index contributed by atoms with van der Waals surface area (Å²) in [7, 11) is 1.30. The van der Waals surface area contributed by atoms with Crippen molar-refractivity contribution in [2.75, 3.05) is 12.4 Å². The zero-order valence-electron chi connectivity index (χ0n) is 13.9. The Morgan fingerprint density at radius 1 is 1.12 bits per heavy atom. The maximum Gasteiger partial charge on any atom is 0.411 e. The van der Waals surface area contributed by atoms with Crippen molar-refractivity contribution in [2.24, 2.45) is 0 Å². The summed E-state index contributed by atoms with van der Waals surface area (Å²) < 4.78 is 10.1. The molecule has 132 valence electrons. The fourth-order valence-corrected chi connectivity index (χ4v) is 2.17. The predicted molar refractivity (Wildman–Crippen MR) is 95.9 cm³/mol. The number of carbonyl (C=O) groups is 2. The van der Waals surface area contributed by atoms with Crippen molar-refractivity contribution in [1.29, 1.82) is 0 Å². The van der Waals surface area contributed by atoms with Gasteiger partial charge in [-0.3, -0.25) is 10.1 Å². The number of methoxy groups -OCH3 is 1. The lowest BCUT2D eigenvalue weighted by Gasteiger charge is -2.15. The molecule has 25 heavy (non-hydrogen) atoms. The first-order valence-electron chi connectivity index (χ1n) is 7.62. The van der Waals surface area contributed by atoms with E-state index in [1.165, 1.54) is 7.11 Å². The Morgan fingerprint density at radius 2 is 1.80 bits per heavy atom. The van der Waals surface area contributed by atoms with Crippen LogP contribution in [0.2, 0.25) is 5.02 Å². The number of amides is 2. The smallest absolute Gasteiger partial charge is 0.411 e. The molecule has 7 heteroatoms. The van der Waals surface area contributed by atoms with Crippen molar-refractivity contribution in [2.45, 2.75) is 19.6 Å². The minimum absolute atomic E-state index is 0.253. The van der Waals surface area contributed by atoms with Crippen LogP contribution < -0.4 is 15.4 Å². The topological polar surface area (TPSA) is 76.7 Å². The molecule has 2 aromatic carbocycles. The number of benzene rings is 2. The van der Waals surface area contributed by atoms with Gasteiger partial charge < -0.3 is 14.8 Å². The second kappa shape index (κ2) is 8.94. The summed E-state index contributed by atoms with van der Waals surface area (Å²) >= 11 is 6.01. The van der Waals surface area contributed by atoms with Gasteiger partial charge in [-0.1, -0.05) is 35.9 Å². The minimum Gasteiger partial charge on any atom is -0.479 e. The Balaban J connectivity index is 1.84. The Kier molecular flexibility index (Phi) is 6.65. The SMILES string of the molecule is COC(=O)Nc1ccc(CNC(=O)[C@H](C)Oc2ccccc2Cl)cc1. The Morgan fingerprint density at radius 3 is 2.44 bits per heavy atom. The lowest BCUT2D eigenvalue weighted by atomic mass is 10.2. The highest BCUT2D eigenvalue weighted by Gasteiger charge is 2.15. The molecule has 0 spiro atoms. The van der Waals surface area contributed by atoms with E-state index in [1.807, 2.05) is 0 Å². The lowest BCUT2D eigenvalue weighted by molar-refractivity contribution is -0.127. The van der Waals surface area contributed by atoms with Gasteiger partial charge in [-0.15, -0.1) is 0 Å². The van der Waals surface area contributed by atoms with Crippen molar-refractivity contribution >= 4 is 29.3 Å². The van der Waals surface area contributed by atoms with Crippen LogP contribution in [0.4, 0.5) is 10.5 Å². The van der Waals surface area contributed by atoms with Crippen molar-refractivity contribution in [1.82, 2.24) is 5.32 Å². The maximum atomic E-state index is 12.1. The molecule has 2 amide bonds. The molecule has 2 rings (SSSR count). The van der Waals surface area contributed by atoms with Crippen LogP contribution in [-0.2, 0) is 16.1 Å². The molecule has 0 bridgehead atoms. The molecule has 0 heterocycles. The van der Waals surface area contributed by atoms with E-state index in [1.54, 1.807) is 55.5 Å². The quantitative estimate of drug-likeness (QED) is 0.823. The number of halogens is 1. The second-order valence-electron chi connectivity index (χ2n) is 5.22. The lowest BCUT2D eigenvalue weighted by Crippen LogP contribution is -2.35. The fourth-order valence-electron chi connectivity index (χ4n) is 1.99. The third-order valence-corrected chi connectivity index (χ3v) is 3.67. The molecule has 0 aliphatic heterocycles. The molecule has 0 radical (unpaired) electrons. The number of nitrogens with one attached hydrogen (secondary N) is 2. The Labute approximate surface area is 151 Å². The summed E-state index contributed by atoms with van der Waals surface area (Å²) in [6.45, 7) is 2.00. The van der Waals surface area contributed by atoms with Gasteiger partial charge in [-0.25, -0.2) is 4.79 Å². The van der Waals surface area contributed by atoms with Crippen LogP contribution in [0, 0.1) is 0 Å². The molecule has 2 aromatic rings. The van der Waals surface area contributed by atoms with E-state index >= 15 is 0 Å². The van der Waals surface area contributed by atoms with Crippen LogP contribution in [0.15, 0.2) is 48.5 Å². The van der Waals surface area contributed by atoms with Gasteiger partial charge in [0.15, 0.2) is 6.10 Å². The number of hydrogen-bond donors (Lipinski definition) is 2. The number of hydrogen-bond acceptors (Lipinski definition) is 4. The molecule has 0 aromatic heterocycles. The van der Waals surface area contributed by atoms with E-state index < -0.39 is 12.2 Å². The zero-order chi connectivity index (χ0) is 18.2. The summed E-state index contributed by atoms with van der Waals surface area (Å²) in [5.41, 5.74) is 1.49. The van der Waals surface area contributed by atoms with E-state index in [2.05, 4.69) is 15.4 Å². The van der Waals surface area contributed by atoms with Gasteiger partial charge in [0.25, 0.3) is 5.91 Å². The van der Waals surface area contributed by atoms with Gasteiger partial charge in [-0.05, 0) is 36.8 Å². The molecule has 6 nitrogen and oxygen atoms in total.